The fraction of sp³-hybridized carbons (Fsp3) is 0.294. The van der Waals surface area contributed by atoms with Crippen molar-refractivity contribution in [1.29, 1.82) is 0 Å². The lowest BCUT2D eigenvalue weighted by Gasteiger charge is -2.19. The van der Waals surface area contributed by atoms with E-state index in [2.05, 4.69) is 0 Å². The van der Waals surface area contributed by atoms with E-state index in [0.717, 1.165) is 17.5 Å². The van der Waals surface area contributed by atoms with E-state index in [1.807, 2.05) is 36.4 Å². The molecule has 0 aliphatic rings. The van der Waals surface area contributed by atoms with Crippen LogP contribution in [0.4, 0.5) is 0 Å². The molecule has 2 N–H and O–H groups in total. The van der Waals surface area contributed by atoms with Crippen LogP contribution in [-0.2, 0) is 6.42 Å². The van der Waals surface area contributed by atoms with E-state index in [-0.39, 0.29) is 5.92 Å². The first-order chi connectivity index (χ1) is 10.6. The summed E-state index contributed by atoms with van der Waals surface area (Å²) in [5.41, 5.74) is 7.92. The number of ether oxygens (including phenoxy) is 2. The number of hydrogen-bond donors (Lipinski definition) is 1. The molecule has 0 spiro atoms. The maximum Gasteiger partial charge on any atom is 0.160 e. The summed E-state index contributed by atoms with van der Waals surface area (Å²) >= 11 is 12.6. The Morgan fingerprint density at radius 2 is 1.64 bits per heavy atom. The second-order valence-corrected chi connectivity index (χ2v) is 5.78. The lowest BCUT2D eigenvalue weighted by molar-refractivity contribution is 0.354. The number of benzene rings is 2. The first kappa shape index (κ1) is 16.9. The summed E-state index contributed by atoms with van der Waals surface area (Å²) < 4.78 is 10.6. The van der Waals surface area contributed by atoms with E-state index in [4.69, 9.17) is 38.4 Å². The molecule has 0 bridgehead atoms. The quantitative estimate of drug-likeness (QED) is 0.853. The van der Waals surface area contributed by atoms with E-state index >= 15 is 0 Å². The molecule has 3 nitrogen and oxygen atoms in total. The lowest BCUT2D eigenvalue weighted by atomic mass is 9.91. The summed E-state index contributed by atoms with van der Waals surface area (Å²) in [6.45, 7) is 0.456. The van der Waals surface area contributed by atoms with Crippen molar-refractivity contribution < 1.29 is 9.47 Å². The molecule has 0 aliphatic carbocycles. The third kappa shape index (κ3) is 3.67. The molecule has 0 fully saturated rings. The van der Waals surface area contributed by atoms with Crippen molar-refractivity contribution in [1.82, 2.24) is 0 Å². The van der Waals surface area contributed by atoms with Gasteiger partial charge in [-0.2, -0.15) is 0 Å². The van der Waals surface area contributed by atoms with Gasteiger partial charge in [0.25, 0.3) is 0 Å². The van der Waals surface area contributed by atoms with E-state index < -0.39 is 0 Å². The Bertz CT molecular complexity index is 626. The third-order valence-electron chi connectivity index (χ3n) is 3.62. The summed E-state index contributed by atoms with van der Waals surface area (Å²) in [5.74, 6) is 1.44. The van der Waals surface area contributed by atoms with Crippen molar-refractivity contribution in [3.05, 3.63) is 57.6 Å². The Kier molecular flexibility index (Phi) is 5.95. The van der Waals surface area contributed by atoms with Gasteiger partial charge in [-0.3, -0.25) is 0 Å². The fourth-order valence-electron chi connectivity index (χ4n) is 2.50. The minimum Gasteiger partial charge on any atom is -0.493 e. The maximum absolute atomic E-state index is 6.29. The van der Waals surface area contributed by atoms with E-state index in [0.29, 0.717) is 28.1 Å². The van der Waals surface area contributed by atoms with Gasteiger partial charge in [-0.1, -0.05) is 35.3 Å². The zero-order valence-corrected chi connectivity index (χ0v) is 14.1. The SMILES string of the molecule is COc1ccc(CC(CN)c2c(Cl)cccc2Cl)cc1OC. The van der Waals surface area contributed by atoms with Gasteiger partial charge in [0.2, 0.25) is 0 Å². The van der Waals surface area contributed by atoms with Crippen molar-refractivity contribution >= 4 is 23.2 Å². The number of halogens is 2. The average molecular weight is 340 g/mol. The summed E-state index contributed by atoms with van der Waals surface area (Å²) in [5, 5.41) is 1.28. The molecular formula is C17H19Cl2NO2. The van der Waals surface area contributed by atoms with Gasteiger partial charge in [0.15, 0.2) is 11.5 Å². The second kappa shape index (κ2) is 7.73. The summed E-state index contributed by atoms with van der Waals surface area (Å²) in [6, 6.07) is 11.3. The first-order valence-corrected chi connectivity index (χ1v) is 7.71. The highest BCUT2D eigenvalue weighted by molar-refractivity contribution is 6.36. The molecule has 0 aromatic heterocycles. The second-order valence-electron chi connectivity index (χ2n) is 4.96. The largest absolute Gasteiger partial charge is 0.493 e. The molecular weight excluding hydrogens is 321 g/mol. The van der Waals surface area contributed by atoms with Gasteiger partial charge < -0.3 is 15.2 Å². The van der Waals surface area contributed by atoms with Crippen LogP contribution in [-0.4, -0.2) is 20.8 Å². The van der Waals surface area contributed by atoms with Gasteiger partial charge in [-0.15, -0.1) is 0 Å². The van der Waals surface area contributed by atoms with Crippen LogP contribution in [0.2, 0.25) is 10.0 Å². The van der Waals surface area contributed by atoms with Gasteiger partial charge >= 0.3 is 0 Å². The number of methoxy groups -OCH3 is 2. The van der Waals surface area contributed by atoms with Gasteiger partial charge in [-0.25, -0.2) is 0 Å². The standard InChI is InChI=1S/C17H19Cl2NO2/c1-21-15-7-6-11(9-16(15)22-2)8-12(10-20)17-13(18)4-3-5-14(17)19/h3-7,9,12H,8,10,20H2,1-2H3. The Morgan fingerprint density at radius 3 is 2.18 bits per heavy atom. The van der Waals surface area contributed by atoms with Crippen molar-refractivity contribution in [2.45, 2.75) is 12.3 Å². The molecule has 1 unspecified atom stereocenters. The molecule has 2 aromatic rings. The molecule has 0 saturated heterocycles. The van der Waals surface area contributed by atoms with Gasteiger partial charge in [-0.05, 0) is 48.4 Å². The van der Waals surface area contributed by atoms with Crippen LogP contribution in [0, 0.1) is 0 Å². The topological polar surface area (TPSA) is 44.5 Å². The first-order valence-electron chi connectivity index (χ1n) is 6.95. The number of nitrogens with two attached hydrogens (primary N) is 1. The van der Waals surface area contributed by atoms with Crippen molar-refractivity contribution in [3.8, 4) is 11.5 Å². The minimum absolute atomic E-state index is 0.0410. The van der Waals surface area contributed by atoms with Crippen molar-refractivity contribution in [3.63, 3.8) is 0 Å². The van der Waals surface area contributed by atoms with Crippen LogP contribution in [0.15, 0.2) is 36.4 Å². The van der Waals surface area contributed by atoms with Crippen LogP contribution in [0.5, 0.6) is 11.5 Å². The molecule has 0 heterocycles. The zero-order chi connectivity index (χ0) is 16.1. The average Bonchev–Trinajstić information content (AvgIpc) is 2.53. The summed E-state index contributed by atoms with van der Waals surface area (Å²) in [6.07, 6.45) is 0.723. The molecule has 0 saturated carbocycles. The molecule has 2 aromatic carbocycles. The molecule has 118 valence electrons. The highest BCUT2D eigenvalue weighted by atomic mass is 35.5. The molecule has 2 rings (SSSR count). The Morgan fingerprint density at radius 1 is 1.00 bits per heavy atom. The van der Waals surface area contributed by atoms with Gasteiger partial charge in [0.05, 0.1) is 14.2 Å². The maximum atomic E-state index is 6.29. The molecule has 0 amide bonds. The molecule has 5 heteroatoms. The van der Waals surface area contributed by atoms with Crippen LogP contribution >= 0.6 is 23.2 Å². The Hall–Kier alpha value is -1.42. The Balaban J connectivity index is 2.31. The summed E-state index contributed by atoms with van der Waals surface area (Å²) in [7, 11) is 3.23. The Labute approximate surface area is 140 Å². The van der Waals surface area contributed by atoms with E-state index in [1.165, 1.54) is 0 Å². The normalized spacial score (nSPS) is 12.0. The zero-order valence-electron chi connectivity index (χ0n) is 12.6. The van der Waals surface area contributed by atoms with Crippen LogP contribution in [0.1, 0.15) is 17.0 Å². The molecule has 22 heavy (non-hydrogen) atoms. The van der Waals surface area contributed by atoms with Crippen LogP contribution in [0.25, 0.3) is 0 Å². The van der Waals surface area contributed by atoms with Crippen molar-refractivity contribution in [2.75, 3.05) is 20.8 Å². The van der Waals surface area contributed by atoms with Crippen molar-refractivity contribution in [2.24, 2.45) is 5.73 Å². The predicted molar refractivity (Wildman–Crippen MR) is 91.5 cm³/mol. The third-order valence-corrected chi connectivity index (χ3v) is 4.28. The predicted octanol–water partition coefficient (Wildman–Crippen LogP) is 4.30. The summed E-state index contributed by atoms with van der Waals surface area (Å²) in [4.78, 5) is 0. The fourth-order valence-corrected chi connectivity index (χ4v) is 3.20. The number of hydrogen-bond acceptors (Lipinski definition) is 3. The lowest BCUT2D eigenvalue weighted by Crippen LogP contribution is -2.16. The molecule has 1 atom stereocenters. The smallest absolute Gasteiger partial charge is 0.160 e. The van der Waals surface area contributed by atoms with Crippen LogP contribution < -0.4 is 15.2 Å². The van der Waals surface area contributed by atoms with Gasteiger partial charge in [0.1, 0.15) is 0 Å². The van der Waals surface area contributed by atoms with Crippen LogP contribution in [0.3, 0.4) is 0 Å². The van der Waals surface area contributed by atoms with E-state index in [1.54, 1.807) is 14.2 Å². The highest BCUT2D eigenvalue weighted by Gasteiger charge is 2.18. The van der Waals surface area contributed by atoms with Gasteiger partial charge in [0, 0.05) is 16.0 Å². The highest BCUT2D eigenvalue weighted by Crippen LogP contribution is 2.35. The number of rotatable bonds is 6. The molecule has 0 aliphatic heterocycles. The van der Waals surface area contributed by atoms with E-state index in [9.17, 15) is 0 Å². The minimum atomic E-state index is 0.0410. The monoisotopic (exact) mass is 339 g/mol. The molecule has 0 radical (unpaired) electrons.